The summed E-state index contributed by atoms with van der Waals surface area (Å²) >= 11 is 0. The third-order valence-corrected chi connectivity index (χ3v) is 4.06. The van der Waals surface area contributed by atoms with Gasteiger partial charge in [-0.15, -0.1) is 0 Å². The maximum atomic E-state index is 12.1. The van der Waals surface area contributed by atoms with Gasteiger partial charge in [0.05, 0.1) is 13.0 Å². The molecule has 2 rings (SSSR count). The highest BCUT2D eigenvalue weighted by atomic mass is 16.5. The summed E-state index contributed by atoms with van der Waals surface area (Å²) in [5.74, 6) is -0.582. The van der Waals surface area contributed by atoms with Crippen molar-refractivity contribution < 1.29 is 24.2 Å². The number of hydrogen-bond donors (Lipinski definition) is 2. The number of hydrogen-bond acceptors (Lipinski definition) is 4. The van der Waals surface area contributed by atoms with Crippen molar-refractivity contribution in [3.63, 3.8) is 0 Å². The molecular weight excluding hydrogens is 298 g/mol. The van der Waals surface area contributed by atoms with Gasteiger partial charge in [-0.1, -0.05) is 12.1 Å². The van der Waals surface area contributed by atoms with Gasteiger partial charge in [-0.25, -0.2) is 4.79 Å². The van der Waals surface area contributed by atoms with Gasteiger partial charge in [-0.3, -0.25) is 4.79 Å². The minimum atomic E-state index is -1.21. The molecule has 6 nitrogen and oxygen atoms in total. The molecule has 0 saturated carbocycles. The summed E-state index contributed by atoms with van der Waals surface area (Å²) < 4.78 is 10.8. The van der Waals surface area contributed by atoms with Crippen LogP contribution < -0.4 is 10.1 Å². The molecule has 126 valence electrons. The molecule has 1 amide bonds. The zero-order valence-corrected chi connectivity index (χ0v) is 13.6. The highest BCUT2D eigenvalue weighted by molar-refractivity contribution is 5.87. The van der Waals surface area contributed by atoms with E-state index in [9.17, 15) is 14.7 Å². The average molecular weight is 321 g/mol. The van der Waals surface area contributed by atoms with Crippen LogP contribution in [-0.4, -0.2) is 42.3 Å². The Morgan fingerprint density at radius 3 is 2.65 bits per heavy atom. The van der Waals surface area contributed by atoms with Crippen LogP contribution >= 0.6 is 0 Å². The standard InChI is InChI=1S/C17H23NO5/c1-12-3-4-13(2)14(11-12)23-8-5-15(19)18-17(16(20)21)6-9-22-10-7-17/h3-4,11H,5-10H2,1-2H3,(H,18,19)(H,20,21). The Morgan fingerprint density at radius 2 is 2.00 bits per heavy atom. The zero-order valence-electron chi connectivity index (χ0n) is 13.6. The first-order valence-corrected chi connectivity index (χ1v) is 7.75. The Morgan fingerprint density at radius 1 is 1.30 bits per heavy atom. The van der Waals surface area contributed by atoms with Crippen molar-refractivity contribution in [3.8, 4) is 5.75 Å². The Kier molecular flexibility index (Phi) is 5.60. The first kappa shape index (κ1) is 17.3. The Bertz CT molecular complexity index is 578. The van der Waals surface area contributed by atoms with Crippen molar-refractivity contribution in [2.24, 2.45) is 0 Å². The van der Waals surface area contributed by atoms with Crippen LogP contribution in [0.5, 0.6) is 5.75 Å². The summed E-state index contributed by atoms with van der Waals surface area (Å²) in [6.45, 7) is 4.80. The Balaban J connectivity index is 1.87. The number of carboxylic acid groups (broad SMARTS) is 1. The van der Waals surface area contributed by atoms with Crippen LogP contribution in [0.2, 0.25) is 0 Å². The predicted octanol–water partition coefficient (Wildman–Crippen LogP) is 1.82. The SMILES string of the molecule is Cc1ccc(C)c(OCCC(=O)NC2(C(=O)O)CCOCC2)c1. The maximum absolute atomic E-state index is 12.1. The summed E-state index contributed by atoms with van der Waals surface area (Å²) in [5.41, 5.74) is 0.874. The molecule has 1 fully saturated rings. The molecule has 0 aromatic heterocycles. The van der Waals surface area contributed by atoms with Crippen LogP contribution in [0.3, 0.4) is 0 Å². The van der Waals surface area contributed by atoms with Gasteiger partial charge in [-0.05, 0) is 31.0 Å². The molecule has 1 heterocycles. The van der Waals surface area contributed by atoms with Crippen molar-refractivity contribution in [2.45, 2.75) is 38.6 Å². The number of rotatable bonds is 6. The third-order valence-electron chi connectivity index (χ3n) is 4.06. The summed E-state index contributed by atoms with van der Waals surface area (Å²) in [6.07, 6.45) is 0.682. The lowest BCUT2D eigenvalue weighted by molar-refractivity contribution is -0.152. The fourth-order valence-corrected chi connectivity index (χ4v) is 2.56. The molecule has 23 heavy (non-hydrogen) atoms. The number of ether oxygens (including phenoxy) is 2. The molecule has 0 atom stereocenters. The van der Waals surface area contributed by atoms with Crippen LogP contribution in [0, 0.1) is 13.8 Å². The van der Waals surface area contributed by atoms with Gasteiger partial charge in [-0.2, -0.15) is 0 Å². The quantitative estimate of drug-likeness (QED) is 0.835. The van der Waals surface area contributed by atoms with E-state index in [1.165, 1.54) is 0 Å². The number of amides is 1. The number of carbonyl (C=O) groups excluding carboxylic acids is 1. The van der Waals surface area contributed by atoms with E-state index in [1.807, 2.05) is 32.0 Å². The summed E-state index contributed by atoms with van der Waals surface area (Å²) in [5, 5.41) is 12.1. The van der Waals surface area contributed by atoms with Crippen molar-refractivity contribution in [3.05, 3.63) is 29.3 Å². The van der Waals surface area contributed by atoms with Crippen molar-refractivity contribution >= 4 is 11.9 Å². The highest BCUT2D eigenvalue weighted by Gasteiger charge is 2.41. The molecule has 0 unspecified atom stereocenters. The molecule has 1 saturated heterocycles. The van der Waals surface area contributed by atoms with Gasteiger partial charge in [0.25, 0.3) is 0 Å². The third kappa shape index (κ3) is 4.45. The predicted molar refractivity (Wildman–Crippen MR) is 84.6 cm³/mol. The molecule has 1 aliphatic heterocycles. The minimum absolute atomic E-state index is 0.114. The number of aryl methyl sites for hydroxylation is 2. The summed E-state index contributed by atoms with van der Waals surface area (Å²) in [6, 6.07) is 5.88. The fraction of sp³-hybridized carbons (Fsp3) is 0.529. The Hall–Kier alpha value is -2.08. The first-order chi connectivity index (χ1) is 10.9. The van der Waals surface area contributed by atoms with Crippen LogP contribution in [0.1, 0.15) is 30.4 Å². The lowest BCUT2D eigenvalue weighted by Gasteiger charge is -2.33. The molecule has 0 radical (unpaired) electrons. The summed E-state index contributed by atoms with van der Waals surface area (Å²) in [7, 11) is 0. The smallest absolute Gasteiger partial charge is 0.329 e. The zero-order chi connectivity index (χ0) is 16.9. The Labute approximate surface area is 135 Å². The van der Waals surface area contributed by atoms with Crippen LogP contribution in [0.15, 0.2) is 18.2 Å². The van der Waals surface area contributed by atoms with E-state index in [2.05, 4.69) is 5.32 Å². The average Bonchev–Trinajstić information content (AvgIpc) is 2.51. The van der Waals surface area contributed by atoms with E-state index in [0.717, 1.165) is 16.9 Å². The number of carboxylic acids is 1. The molecule has 1 aromatic carbocycles. The van der Waals surface area contributed by atoms with Gasteiger partial charge < -0.3 is 19.9 Å². The largest absolute Gasteiger partial charge is 0.493 e. The van der Waals surface area contributed by atoms with Crippen LogP contribution in [0.25, 0.3) is 0 Å². The number of benzene rings is 1. The maximum Gasteiger partial charge on any atom is 0.329 e. The lowest BCUT2D eigenvalue weighted by Crippen LogP contribution is -2.57. The molecule has 0 aliphatic carbocycles. The van der Waals surface area contributed by atoms with Gasteiger partial charge in [0.2, 0.25) is 5.91 Å². The first-order valence-electron chi connectivity index (χ1n) is 7.75. The molecule has 6 heteroatoms. The lowest BCUT2D eigenvalue weighted by atomic mass is 9.90. The second-order valence-electron chi connectivity index (χ2n) is 5.92. The second kappa shape index (κ2) is 7.46. The number of nitrogens with one attached hydrogen (secondary N) is 1. The highest BCUT2D eigenvalue weighted by Crippen LogP contribution is 2.22. The van der Waals surface area contributed by atoms with Gasteiger partial charge >= 0.3 is 5.97 Å². The van der Waals surface area contributed by atoms with E-state index >= 15 is 0 Å². The molecule has 0 spiro atoms. The molecular formula is C17H23NO5. The minimum Gasteiger partial charge on any atom is -0.493 e. The molecule has 2 N–H and O–H groups in total. The second-order valence-corrected chi connectivity index (χ2v) is 5.92. The van der Waals surface area contributed by atoms with E-state index < -0.39 is 11.5 Å². The van der Waals surface area contributed by atoms with Crippen molar-refractivity contribution in [2.75, 3.05) is 19.8 Å². The topological polar surface area (TPSA) is 84.9 Å². The normalized spacial score (nSPS) is 16.6. The fourth-order valence-electron chi connectivity index (χ4n) is 2.56. The van der Waals surface area contributed by atoms with Gasteiger partial charge in [0.1, 0.15) is 11.3 Å². The molecule has 0 bridgehead atoms. The summed E-state index contributed by atoms with van der Waals surface area (Å²) in [4.78, 5) is 23.6. The van der Waals surface area contributed by atoms with Crippen molar-refractivity contribution in [1.29, 1.82) is 0 Å². The van der Waals surface area contributed by atoms with E-state index in [-0.39, 0.29) is 31.8 Å². The van der Waals surface area contributed by atoms with Crippen LogP contribution in [-0.2, 0) is 14.3 Å². The van der Waals surface area contributed by atoms with Crippen LogP contribution in [0.4, 0.5) is 0 Å². The molecule has 1 aliphatic rings. The van der Waals surface area contributed by atoms with E-state index in [1.54, 1.807) is 0 Å². The van der Waals surface area contributed by atoms with Gasteiger partial charge in [0, 0.05) is 26.1 Å². The van der Waals surface area contributed by atoms with E-state index in [4.69, 9.17) is 9.47 Å². The number of aliphatic carboxylic acids is 1. The van der Waals surface area contributed by atoms with Gasteiger partial charge in [0.15, 0.2) is 0 Å². The number of carbonyl (C=O) groups is 2. The van der Waals surface area contributed by atoms with Crippen molar-refractivity contribution in [1.82, 2.24) is 5.32 Å². The monoisotopic (exact) mass is 321 g/mol. The molecule has 1 aromatic rings. The van der Waals surface area contributed by atoms with E-state index in [0.29, 0.717) is 13.2 Å².